The Labute approximate surface area is 203 Å². The summed E-state index contributed by atoms with van der Waals surface area (Å²) in [6, 6.07) is 14.8. The molecule has 0 aliphatic carbocycles. The topological polar surface area (TPSA) is 83.1 Å². The Morgan fingerprint density at radius 1 is 0.882 bits per heavy atom. The van der Waals surface area contributed by atoms with Gasteiger partial charge in [0.1, 0.15) is 27.8 Å². The van der Waals surface area contributed by atoms with Gasteiger partial charge in [0.15, 0.2) is 0 Å². The van der Waals surface area contributed by atoms with Gasteiger partial charge in [-0.05, 0) is 62.2 Å². The van der Waals surface area contributed by atoms with E-state index in [-0.39, 0.29) is 18.9 Å². The molecule has 0 bridgehead atoms. The highest BCUT2D eigenvalue weighted by atomic mass is 32.1. The van der Waals surface area contributed by atoms with E-state index in [1.807, 2.05) is 60.8 Å². The molecule has 0 radical (unpaired) electrons. The maximum atomic E-state index is 12.7. The van der Waals surface area contributed by atoms with Gasteiger partial charge in [0.05, 0.1) is 26.9 Å². The molecule has 3 aromatic rings. The number of methoxy groups -OCH3 is 1. The van der Waals surface area contributed by atoms with Gasteiger partial charge in [-0.2, -0.15) is 0 Å². The summed E-state index contributed by atoms with van der Waals surface area (Å²) in [6.45, 7) is 4.89. The molecule has 0 unspecified atom stereocenters. The molecule has 2 aromatic carbocycles. The van der Waals surface area contributed by atoms with Crippen LogP contribution in [0.3, 0.4) is 0 Å². The van der Waals surface area contributed by atoms with Crippen LogP contribution in [0.1, 0.15) is 37.0 Å². The molecule has 1 N–H and O–H groups in total. The molecule has 0 atom stereocenters. The third-order valence-electron chi connectivity index (χ3n) is 4.88. The van der Waals surface area contributed by atoms with Crippen molar-refractivity contribution in [3.63, 3.8) is 0 Å². The second-order valence-corrected chi connectivity index (χ2v) is 8.09. The van der Waals surface area contributed by atoms with E-state index in [0.717, 1.165) is 17.1 Å². The van der Waals surface area contributed by atoms with E-state index >= 15 is 0 Å². The van der Waals surface area contributed by atoms with Crippen LogP contribution in [0.25, 0.3) is 11.1 Å². The molecule has 1 aromatic heterocycles. The third kappa shape index (κ3) is 6.74. The van der Waals surface area contributed by atoms with Crippen molar-refractivity contribution >= 4 is 28.2 Å². The summed E-state index contributed by atoms with van der Waals surface area (Å²) in [5.41, 5.74) is 1.92. The number of ether oxygens (including phenoxy) is 4. The Balaban J connectivity index is 1.63. The molecule has 0 aliphatic rings. The predicted octanol–water partition coefficient (Wildman–Crippen LogP) is 5.80. The normalized spacial score (nSPS) is 10.4. The van der Waals surface area contributed by atoms with Crippen LogP contribution in [0, 0.1) is 0 Å². The van der Waals surface area contributed by atoms with E-state index in [0.29, 0.717) is 41.5 Å². The molecular weight excluding hydrogens is 454 g/mol. The van der Waals surface area contributed by atoms with E-state index in [2.05, 4.69) is 5.32 Å². The lowest BCUT2D eigenvalue weighted by molar-refractivity contribution is -0.116. The lowest BCUT2D eigenvalue weighted by Crippen LogP contribution is -2.15. The number of hydrogen-bond acceptors (Lipinski definition) is 7. The quantitative estimate of drug-likeness (QED) is 0.259. The van der Waals surface area contributed by atoms with Crippen LogP contribution in [0.15, 0.2) is 53.9 Å². The molecule has 0 saturated heterocycles. The molecule has 180 valence electrons. The van der Waals surface area contributed by atoms with Crippen LogP contribution >= 0.6 is 11.3 Å². The van der Waals surface area contributed by atoms with Crippen molar-refractivity contribution in [1.29, 1.82) is 0 Å². The Morgan fingerprint density at radius 3 is 2.18 bits per heavy atom. The van der Waals surface area contributed by atoms with E-state index in [4.69, 9.17) is 18.9 Å². The SMILES string of the molecule is CCOC(=O)c1c(-c2ccc(OCC)cc2)csc1NC(=O)CCCOc1ccc(OC)cc1. The first-order valence-corrected chi connectivity index (χ1v) is 12.0. The summed E-state index contributed by atoms with van der Waals surface area (Å²) >= 11 is 1.30. The number of benzene rings is 2. The van der Waals surface area contributed by atoms with Crippen LogP contribution in [0.5, 0.6) is 17.2 Å². The smallest absolute Gasteiger partial charge is 0.341 e. The lowest BCUT2D eigenvalue weighted by atomic mass is 10.0. The van der Waals surface area contributed by atoms with Crippen LogP contribution in [-0.4, -0.2) is 38.8 Å². The van der Waals surface area contributed by atoms with Crippen LogP contribution in [-0.2, 0) is 9.53 Å². The molecule has 7 nitrogen and oxygen atoms in total. The Kier molecular flexibility index (Phi) is 9.34. The molecule has 1 heterocycles. The second-order valence-electron chi connectivity index (χ2n) is 7.21. The standard InChI is InChI=1S/C26H29NO6S/c1-4-31-20-10-8-18(9-11-20)22-17-34-25(24(22)26(29)32-5-2)27-23(28)7-6-16-33-21-14-12-19(30-3)13-15-21/h8-15,17H,4-7,16H2,1-3H3,(H,27,28). The van der Waals surface area contributed by atoms with Crippen LogP contribution in [0.4, 0.5) is 5.00 Å². The highest BCUT2D eigenvalue weighted by Crippen LogP contribution is 2.37. The highest BCUT2D eigenvalue weighted by Gasteiger charge is 2.22. The first-order valence-electron chi connectivity index (χ1n) is 11.1. The number of thiophene rings is 1. The largest absolute Gasteiger partial charge is 0.497 e. The zero-order chi connectivity index (χ0) is 24.3. The minimum absolute atomic E-state index is 0.191. The molecule has 0 saturated carbocycles. The summed E-state index contributed by atoms with van der Waals surface area (Å²) < 4.78 is 21.5. The Bertz CT molecular complexity index is 1080. The van der Waals surface area contributed by atoms with Crippen LogP contribution < -0.4 is 19.5 Å². The van der Waals surface area contributed by atoms with Crippen molar-refractivity contribution in [3.8, 4) is 28.4 Å². The molecule has 34 heavy (non-hydrogen) atoms. The Hall–Kier alpha value is -3.52. The summed E-state index contributed by atoms with van der Waals surface area (Å²) in [7, 11) is 1.61. The lowest BCUT2D eigenvalue weighted by Gasteiger charge is -2.10. The first-order chi connectivity index (χ1) is 16.5. The maximum Gasteiger partial charge on any atom is 0.341 e. The minimum atomic E-state index is -0.467. The molecular formula is C26H29NO6S. The average Bonchev–Trinajstić information content (AvgIpc) is 3.26. The van der Waals surface area contributed by atoms with Crippen molar-refractivity contribution in [2.24, 2.45) is 0 Å². The van der Waals surface area contributed by atoms with Gasteiger partial charge in [0.2, 0.25) is 5.91 Å². The molecule has 3 rings (SSSR count). The number of carbonyl (C=O) groups is 2. The summed E-state index contributed by atoms with van der Waals surface area (Å²) in [5.74, 6) is 1.56. The minimum Gasteiger partial charge on any atom is -0.497 e. The average molecular weight is 484 g/mol. The van der Waals surface area contributed by atoms with Crippen molar-refractivity contribution in [2.75, 3.05) is 32.2 Å². The zero-order valence-electron chi connectivity index (χ0n) is 19.6. The predicted molar refractivity (Wildman–Crippen MR) is 133 cm³/mol. The monoisotopic (exact) mass is 483 g/mol. The van der Waals surface area contributed by atoms with Crippen molar-refractivity contribution in [1.82, 2.24) is 0 Å². The summed E-state index contributed by atoms with van der Waals surface area (Å²) in [4.78, 5) is 25.3. The number of esters is 1. The van der Waals surface area contributed by atoms with Gasteiger partial charge >= 0.3 is 5.97 Å². The van der Waals surface area contributed by atoms with Crippen molar-refractivity contribution in [3.05, 3.63) is 59.5 Å². The van der Waals surface area contributed by atoms with E-state index in [1.165, 1.54) is 11.3 Å². The number of hydrogen-bond donors (Lipinski definition) is 1. The molecule has 0 spiro atoms. The van der Waals surface area contributed by atoms with Gasteiger partial charge in [0, 0.05) is 17.4 Å². The van der Waals surface area contributed by atoms with Gasteiger partial charge in [-0.1, -0.05) is 12.1 Å². The summed E-state index contributed by atoms with van der Waals surface area (Å²) in [5, 5.41) is 5.19. The molecule has 0 aliphatic heterocycles. The molecule has 0 fully saturated rings. The fraction of sp³-hybridized carbons (Fsp3) is 0.308. The molecule has 8 heteroatoms. The van der Waals surface area contributed by atoms with E-state index in [9.17, 15) is 9.59 Å². The fourth-order valence-electron chi connectivity index (χ4n) is 3.25. The number of carbonyl (C=O) groups excluding carboxylic acids is 2. The second kappa shape index (κ2) is 12.6. The van der Waals surface area contributed by atoms with Crippen molar-refractivity contribution in [2.45, 2.75) is 26.7 Å². The number of anilines is 1. The van der Waals surface area contributed by atoms with Gasteiger partial charge in [-0.25, -0.2) is 4.79 Å². The molecule has 1 amide bonds. The van der Waals surface area contributed by atoms with E-state index in [1.54, 1.807) is 14.0 Å². The number of nitrogens with one attached hydrogen (secondary N) is 1. The third-order valence-corrected chi connectivity index (χ3v) is 5.77. The fourth-order valence-corrected chi connectivity index (χ4v) is 4.22. The van der Waals surface area contributed by atoms with Gasteiger partial charge in [-0.15, -0.1) is 11.3 Å². The maximum absolute atomic E-state index is 12.7. The van der Waals surface area contributed by atoms with Gasteiger partial charge < -0.3 is 24.3 Å². The van der Waals surface area contributed by atoms with Crippen LogP contribution in [0.2, 0.25) is 0 Å². The zero-order valence-corrected chi connectivity index (χ0v) is 20.4. The number of rotatable bonds is 12. The van der Waals surface area contributed by atoms with Crippen molar-refractivity contribution < 1.29 is 28.5 Å². The van der Waals surface area contributed by atoms with Gasteiger partial charge in [-0.3, -0.25) is 4.79 Å². The first kappa shape index (κ1) is 25.1. The van der Waals surface area contributed by atoms with E-state index < -0.39 is 5.97 Å². The summed E-state index contributed by atoms with van der Waals surface area (Å²) in [6.07, 6.45) is 0.790. The number of amides is 1. The Morgan fingerprint density at radius 2 is 1.53 bits per heavy atom. The highest BCUT2D eigenvalue weighted by molar-refractivity contribution is 7.15. The van der Waals surface area contributed by atoms with Gasteiger partial charge in [0.25, 0.3) is 0 Å².